The first kappa shape index (κ1) is 82.8. The highest BCUT2D eigenvalue weighted by Gasteiger charge is 2.65. The zero-order valence-corrected chi connectivity index (χ0v) is 66.8. The minimum atomic E-state index is -2.01. The largest absolute Gasteiger partial charge is 0.507 e. The van der Waals surface area contributed by atoms with Crippen LogP contribution in [0, 0.1) is 50.4 Å². The van der Waals surface area contributed by atoms with E-state index in [0.717, 1.165) is 11.8 Å². The van der Waals surface area contributed by atoms with E-state index in [2.05, 4.69) is 48.6 Å². The topological polar surface area (TPSA) is 405 Å². The molecule has 4 amide bonds. The van der Waals surface area contributed by atoms with Gasteiger partial charge >= 0.3 is 42.3 Å². The molecule has 14 atom stereocenters. The van der Waals surface area contributed by atoms with Gasteiger partial charge in [-0.3, -0.25) is 24.4 Å². The molecule has 32 nitrogen and oxygen atoms in total. The summed E-state index contributed by atoms with van der Waals surface area (Å²) in [4.78, 5) is 99.8. The zero-order chi connectivity index (χ0) is 81.2. The summed E-state index contributed by atoms with van der Waals surface area (Å²) in [5, 5.41) is 74.3. The number of nitriles is 2. The first-order chi connectivity index (χ1) is 53.2. The maximum absolute atomic E-state index is 14.4. The Kier molecular flexibility index (Phi) is 24.4. The van der Waals surface area contributed by atoms with Crippen molar-refractivity contribution in [3.05, 3.63) is 104 Å². The Balaban J connectivity index is 0.000000208. The van der Waals surface area contributed by atoms with Crippen molar-refractivity contribution in [1.29, 1.82) is 10.5 Å². The number of methoxy groups -OCH3 is 2. The maximum Gasteiger partial charge on any atom is 0.410 e. The van der Waals surface area contributed by atoms with Gasteiger partial charge in [0.2, 0.25) is 21.2 Å². The number of phenolic OH excluding ortho intramolecular Hbond substituents is 3. The fourth-order valence-corrected chi connectivity index (χ4v) is 18.7. The molecule has 3 saturated heterocycles. The third-order valence-electron chi connectivity index (χ3n) is 20.6. The molecule has 0 aromatic heterocycles. The van der Waals surface area contributed by atoms with Gasteiger partial charge in [-0.25, -0.2) is 28.8 Å². The van der Waals surface area contributed by atoms with Crippen LogP contribution in [-0.2, 0) is 55.6 Å². The van der Waals surface area contributed by atoms with Gasteiger partial charge in [0.05, 0.1) is 79.9 Å². The number of rotatable bonds is 15. The molecule has 3 fully saturated rings. The molecule has 0 radical (unpaired) electrons. The Bertz CT molecular complexity index is 4620. The molecule has 6 N–H and O–H groups in total. The van der Waals surface area contributed by atoms with Gasteiger partial charge in [0, 0.05) is 62.9 Å². The van der Waals surface area contributed by atoms with Crippen molar-refractivity contribution in [1.82, 2.24) is 30.2 Å². The molecule has 0 saturated carbocycles. The number of carbonyl (C=O) groups is 7. The van der Waals surface area contributed by atoms with Crippen molar-refractivity contribution in [3.63, 3.8) is 0 Å². The Morgan fingerprint density at radius 2 is 1.19 bits per heavy atom. The van der Waals surface area contributed by atoms with Gasteiger partial charge in [0.25, 0.3) is 0 Å². The number of alkyl carbamates (subject to hydrolysis) is 2. The first-order valence-electron chi connectivity index (χ1n) is 34.5. The van der Waals surface area contributed by atoms with Crippen molar-refractivity contribution in [2.45, 2.75) is 139 Å². The molecule has 4 aromatic carbocycles. The van der Waals surface area contributed by atoms with E-state index in [-0.39, 0.29) is 119 Å². The number of nitrogens with one attached hydrogen (secondary N) is 2. The summed E-state index contributed by atoms with van der Waals surface area (Å²) in [5.41, 5.74) is 4.48. The third-order valence-corrected chi connectivity index (χ3v) is 23.1. The number of nitrogens with zero attached hydrogens (tertiary/aromatic N) is 6. The number of ether oxygens (including phenoxy) is 13. The van der Waals surface area contributed by atoms with Gasteiger partial charge in [-0.1, -0.05) is 107 Å². The molecule has 40 heteroatoms. The summed E-state index contributed by atoms with van der Waals surface area (Å²) in [5.74, 6) is -2.37. The van der Waals surface area contributed by atoms with Crippen LogP contribution in [0.15, 0.2) is 37.4 Å². The highest BCUT2D eigenvalue weighted by Crippen LogP contribution is 2.66. The van der Waals surface area contributed by atoms with Crippen molar-refractivity contribution >= 4 is 136 Å². The van der Waals surface area contributed by atoms with Gasteiger partial charge in [0.15, 0.2) is 46.0 Å². The fourth-order valence-electron chi connectivity index (χ4n) is 16.6. The number of fused-ring (bicyclic) bond motifs is 19. The molecular weight excluding hydrogens is 1640 g/mol. The van der Waals surface area contributed by atoms with Gasteiger partial charge in [-0.2, -0.15) is 23.2 Å². The summed E-state index contributed by atoms with van der Waals surface area (Å²) in [6.07, 6.45) is -2.70. The number of piperazine rings is 2. The maximum atomic E-state index is 14.4. The number of phenols is 3. The SMILES string of the molecule is C=CCOC(=O)N[C@@H](CS)C(=O)OC[C@H]1c2c3c(c(C)c(O)c2C(O)[C@H]2[C@H]4c5c(cc(C)c(OC)c5O)C[C@@H]([C@H](C#N)N12)N4C(=O)OCC(Cl)(Cl)Cl)OCO3.C=CCOC(=O)N[C@H]1CS[C@H]2c3c(OC(C)=O)c(C)c4c(c3[C@H](COC1=O)N1[C@@H]2[C@H]2c3c(cc(C)c(OC)c3O)C[C@@H]([C@@H]1C#N)N2C(=O)OCC(Cl)(Cl)Cl)OCO4. The van der Waals surface area contributed by atoms with Gasteiger partial charge < -0.3 is 92.6 Å². The summed E-state index contributed by atoms with van der Waals surface area (Å²) in [6.45, 7) is 12.1. The van der Waals surface area contributed by atoms with Crippen LogP contribution in [0.5, 0.6) is 57.5 Å². The highest BCUT2D eigenvalue weighted by atomic mass is 35.6. The van der Waals surface area contributed by atoms with Crippen LogP contribution in [0.4, 0.5) is 19.2 Å². The molecule has 0 aliphatic carbocycles. The van der Waals surface area contributed by atoms with E-state index in [0.29, 0.717) is 56.0 Å². The molecular formula is C72H74Cl6N8O24S2. The number of carbonyl (C=O) groups excluding carboxylic acids is 7. The number of benzene rings is 4. The lowest BCUT2D eigenvalue weighted by Gasteiger charge is -2.61. The monoisotopic (exact) mass is 1710 g/mol. The van der Waals surface area contributed by atoms with Crippen molar-refractivity contribution in [2.75, 3.05) is 79.0 Å². The molecule has 4 aromatic rings. The summed E-state index contributed by atoms with van der Waals surface area (Å²) in [7, 11) is 2.76. The average Bonchev–Trinajstić information content (AvgIpc) is 0.869. The summed E-state index contributed by atoms with van der Waals surface area (Å²) >= 11 is 41.2. The lowest BCUT2D eigenvalue weighted by molar-refractivity contribution is -0.155. The normalized spacial score (nSPS) is 24.9. The number of esters is 3. The van der Waals surface area contributed by atoms with E-state index in [1.807, 2.05) is 11.0 Å². The minimum absolute atomic E-state index is 0.000659. The Labute approximate surface area is 679 Å². The molecule has 6 bridgehead atoms. The van der Waals surface area contributed by atoms with Crippen molar-refractivity contribution in [3.8, 4) is 69.6 Å². The smallest absolute Gasteiger partial charge is 0.410 e. The minimum Gasteiger partial charge on any atom is -0.507 e. The van der Waals surface area contributed by atoms with E-state index < -0.39 is 160 Å². The second kappa shape index (κ2) is 33.1. The van der Waals surface area contributed by atoms with Crippen LogP contribution in [0.3, 0.4) is 0 Å². The van der Waals surface area contributed by atoms with Crippen LogP contribution in [0.2, 0.25) is 0 Å². The van der Waals surface area contributed by atoms with Crippen LogP contribution in [0.1, 0.15) is 109 Å². The fraction of sp³-hybridized carbons (Fsp3) is 0.486. The summed E-state index contributed by atoms with van der Waals surface area (Å²) < 4.78 is 69.7. The number of aliphatic hydroxyl groups is 1. The lowest BCUT2D eigenvalue weighted by Crippen LogP contribution is -2.71. The van der Waals surface area contributed by atoms with E-state index in [1.165, 1.54) is 43.1 Å². The summed E-state index contributed by atoms with van der Waals surface area (Å²) in [6, 6.07) is -5.56. The standard InChI is InChI=1S/C37H37Cl3N4O12S.C35H37Cl3N4O12S/c1-6-7-51-35(48)42-19-12-57-33-25-24(32-31(54-14-55-32)16(3)30(25)56-17(4)45)22(11-52-34(19)47)43-21(10-41)20-9-18-8-15(2)29(50-5)28(46)23(18)26(27(33)43)44(20)36(49)53-13-37(38,39)40;1-5-6-50-33(47)40-17(11-55)32(46)51-10-20-22-23(26(43)15(3)30-31(22)54-13-53-30)27(44)25-24-21-16(7-14(2)29(49-4)28(21)45)8-18(19(9-39)41(20)25)42(24)34(48)52-12-35(36,37)38/h6,8,19-22,26-27,33,46H,1,7,9,11-14H2,2-5H3,(H,42,48);5,7,17-20,24-25,27,43-45,55H,1,6,8,10-13H2,2-4H3,(H,40,47)/t19-,20-,21-,22-,26+,27+,33-;17-,18-,19-,20-,24+,25+,27?/m00/s1. The second-order valence-electron chi connectivity index (χ2n) is 27.1. The molecule has 1 unspecified atom stereocenters. The third kappa shape index (κ3) is 15.1. The van der Waals surface area contributed by atoms with E-state index >= 15 is 0 Å². The number of aromatic hydroxyl groups is 3. The number of hydrogen-bond acceptors (Lipinski definition) is 30. The van der Waals surface area contributed by atoms with Crippen molar-refractivity contribution in [2.24, 2.45) is 0 Å². The van der Waals surface area contributed by atoms with E-state index in [9.17, 15) is 64.5 Å². The molecule has 10 heterocycles. The van der Waals surface area contributed by atoms with Gasteiger partial charge in [0.1, 0.15) is 81.4 Å². The lowest BCUT2D eigenvalue weighted by atomic mass is 9.70. The van der Waals surface area contributed by atoms with Crippen LogP contribution >= 0.6 is 94.0 Å². The molecule has 10 aliphatic rings. The number of aryl methyl sites for hydroxylation is 2. The number of aliphatic hydroxyl groups excluding tert-OH is 1. The Morgan fingerprint density at radius 1 is 0.679 bits per heavy atom. The number of thioether (sulfide) groups is 1. The molecule has 0 spiro atoms. The van der Waals surface area contributed by atoms with Crippen LogP contribution in [0.25, 0.3) is 0 Å². The second-order valence-corrected chi connectivity index (χ2v) is 33.6. The predicted molar refractivity (Wildman–Crippen MR) is 402 cm³/mol. The Hall–Kier alpha value is -8.65. The first-order valence-corrected chi connectivity index (χ1v) is 38.4. The Morgan fingerprint density at radius 3 is 1.70 bits per heavy atom. The zero-order valence-electron chi connectivity index (χ0n) is 60.6. The van der Waals surface area contributed by atoms with Crippen LogP contribution in [-0.4, -0.2) is 217 Å². The number of hydrogen-bond donors (Lipinski definition) is 7. The molecule has 14 rings (SSSR count). The number of halogens is 6. The van der Waals surface area contributed by atoms with E-state index in [4.69, 9.17) is 131 Å². The number of thiol groups is 1. The molecule has 600 valence electrons. The molecule has 112 heavy (non-hydrogen) atoms. The van der Waals surface area contributed by atoms with Crippen molar-refractivity contribution < 1.29 is 116 Å². The number of amides is 4. The number of alkyl halides is 6. The highest BCUT2D eigenvalue weighted by molar-refractivity contribution is 7.99. The van der Waals surface area contributed by atoms with Gasteiger partial charge in [-0.15, -0.1) is 11.8 Å². The average molecular weight is 1710 g/mol. The van der Waals surface area contributed by atoms with Crippen LogP contribution < -0.4 is 43.8 Å². The van der Waals surface area contributed by atoms with E-state index in [1.54, 1.807) is 38.7 Å². The predicted octanol–water partition coefficient (Wildman–Crippen LogP) is 9.73. The molecule has 10 aliphatic heterocycles. The van der Waals surface area contributed by atoms with Gasteiger partial charge in [-0.05, 0) is 62.8 Å². The quantitative estimate of drug-likeness (QED) is 0.0145.